The van der Waals surface area contributed by atoms with Gasteiger partial charge in [-0.25, -0.2) is 4.79 Å². The van der Waals surface area contributed by atoms with Gasteiger partial charge in [0.05, 0.1) is 5.92 Å². The molecule has 116 valence electrons. The average molecular weight is 295 g/mol. The molecule has 21 heavy (non-hydrogen) atoms. The number of fused-ring (bicyclic) bond motifs is 2. The highest BCUT2D eigenvalue weighted by molar-refractivity contribution is 5.80. The Morgan fingerprint density at radius 3 is 2.52 bits per heavy atom. The number of nitrogens with one attached hydrogen (secondary N) is 2. The maximum atomic E-state index is 12.2. The van der Waals surface area contributed by atoms with Crippen molar-refractivity contribution in [1.29, 1.82) is 0 Å². The summed E-state index contributed by atoms with van der Waals surface area (Å²) < 4.78 is 0. The van der Waals surface area contributed by atoms with Crippen molar-refractivity contribution in [3.05, 3.63) is 0 Å². The summed E-state index contributed by atoms with van der Waals surface area (Å²) in [6.07, 6.45) is 4.56. The molecule has 2 heterocycles. The molecule has 0 aromatic rings. The number of carbonyl (C=O) groups excluding carboxylic acids is 2. The van der Waals surface area contributed by atoms with E-state index in [-0.39, 0.29) is 30.4 Å². The van der Waals surface area contributed by atoms with Gasteiger partial charge in [0.1, 0.15) is 0 Å². The zero-order chi connectivity index (χ0) is 15.0. The maximum Gasteiger partial charge on any atom is 0.317 e. The Labute approximate surface area is 123 Å². The molecular formula is C14H21N3O4. The van der Waals surface area contributed by atoms with Gasteiger partial charge in [0.2, 0.25) is 5.91 Å². The highest BCUT2D eigenvalue weighted by Gasteiger charge is 2.51. The summed E-state index contributed by atoms with van der Waals surface area (Å²) >= 11 is 0. The molecule has 2 aliphatic heterocycles. The molecule has 3 rings (SSSR count). The first-order valence-corrected chi connectivity index (χ1v) is 7.64. The molecular weight excluding hydrogens is 274 g/mol. The van der Waals surface area contributed by atoms with Crippen molar-refractivity contribution in [2.75, 3.05) is 6.54 Å². The lowest BCUT2D eigenvalue weighted by atomic mass is 9.89. The number of hydrogen-bond acceptors (Lipinski definition) is 3. The molecule has 3 fully saturated rings. The van der Waals surface area contributed by atoms with Crippen LogP contribution < -0.4 is 10.6 Å². The number of carbonyl (C=O) groups is 3. The molecule has 2 saturated heterocycles. The normalized spacial score (nSPS) is 30.3. The molecule has 1 aliphatic carbocycles. The fourth-order valence-electron chi connectivity index (χ4n) is 3.47. The van der Waals surface area contributed by atoms with Crippen LogP contribution in [0.5, 0.6) is 0 Å². The van der Waals surface area contributed by atoms with Crippen molar-refractivity contribution in [1.82, 2.24) is 15.5 Å². The predicted octanol–water partition coefficient (Wildman–Crippen LogP) is 0.302. The Morgan fingerprint density at radius 2 is 1.90 bits per heavy atom. The first-order valence-electron chi connectivity index (χ1n) is 7.64. The van der Waals surface area contributed by atoms with Crippen LogP contribution >= 0.6 is 0 Å². The Bertz CT molecular complexity index is 463. The van der Waals surface area contributed by atoms with Gasteiger partial charge in [0.25, 0.3) is 0 Å². The second-order valence-electron chi connectivity index (χ2n) is 6.21. The number of carboxylic acid groups (broad SMARTS) is 1. The SMILES string of the molecule is O=C(CCNC(=O)N1C2CCC1C(C(=O)O)C2)NC1CC1. The van der Waals surface area contributed by atoms with E-state index in [1.54, 1.807) is 4.90 Å². The van der Waals surface area contributed by atoms with Crippen LogP contribution in [0.25, 0.3) is 0 Å². The van der Waals surface area contributed by atoms with E-state index in [0.717, 1.165) is 25.7 Å². The Balaban J connectivity index is 1.45. The number of nitrogens with zero attached hydrogens (tertiary/aromatic N) is 1. The molecule has 0 aromatic heterocycles. The topological polar surface area (TPSA) is 98.7 Å². The smallest absolute Gasteiger partial charge is 0.317 e. The number of aliphatic carboxylic acids is 1. The van der Waals surface area contributed by atoms with Gasteiger partial charge in [-0.15, -0.1) is 0 Å². The van der Waals surface area contributed by atoms with E-state index in [0.29, 0.717) is 19.0 Å². The lowest BCUT2D eigenvalue weighted by molar-refractivity contribution is -0.142. The highest BCUT2D eigenvalue weighted by Crippen LogP contribution is 2.41. The molecule has 3 aliphatic rings. The molecule has 1 saturated carbocycles. The van der Waals surface area contributed by atoms with Crippen molar-refractivity contribution in [2.24, 2.45) is 5.92 Å². The van der Waals surface area contributed by atoms with Crippen LogP contribution in [0.3, 0.4) is 0 Å². The first kappa shape index (κ1) is 14.2. The third-order valence-corrected chi connectivity index (χ3v) is 4.66. The molecule has 2 bridgehead atoms. The summed E-state index contributed by atoms with van der Waals surface area (Å²) in [5.74, 6) is -1.29. The summed E-state index contributed by atoms with van der Waals surface area (Å²) in [4.78, 5) is 36.5. The van der Waals surface area contributed by atoms with E-state index in [4.69, 9.17) is 5.11 Å². The lowest BCUT2D eigenvalue weighted by Crippen LogP contribution is -2.45. The van der Waals surface area contributed by atoms with Gasteiger partial charge in [0.15, 0.2) is 0 Å². The molecule has 0 radical (unpaired) electrons. The number of urea groups is 1. The fourth-order valence-corrected chi connectivity index (χ4v) is 3.47. The standard InChI is InChI=1S/C14H21N3O4/c18-12(16-8-1-2-8)5-6-15-14(21)17-9-3-4-11(17)10(7-9)13(19)20/h8-11H,1-7H2,(H,15,21)(H,16,18)(H,19,20). The quantitative estimate of drug-likeness (QED) is 0.679. The molecule has 0 aromatic carbocycles. The second kappa shape index (κ2) is 5.54. The summed E-state index contributed by atoms with van der Waals surface area (Å²) in [7, 11) is 0. The minimum atomic E-state index is -0.816. The summed E-state index contributed by atoms with van der Waals surface area (Å²) in [5.41, 5.74) is 0. The van der Waals surface area contributed by atoms with E-state index >= 15 is 0 Å². The maximum absolute atomic E-state index is 12.2. The van der Waals surface area contributed by atoms with E-state index < -0.39 is 11.9 Å². The lowest BCUT2D eigenvalue weighted by Gasteiger charge is -2.23. The van der Waals surface area contributed by atoms with Gasteiger partial charge < -0.3 is 20.6 Å². The molecule has 3 atom stereocenters. The Hall–Kier alpha value is -1.79. The third kappa shape index (κ3) is 2.96. The highest BCUT2D eigenvalue weighted by atomic mass is 16.4. The third-order valence-electron chi connectivity index (χ3n) is 4.66. The first-order chi connectivity index (χ1) is 10.1. The van der Waals surface area contributed by atoms with Gasteiger partial charge >= 0.3 is 12.0 Å². The minimum Gasteiger partial charge on any atom is -0.481 e. The zero-order valence-electron chi connectivity index (χ0n) is 11.9. The molecule has 3 unspecified atom stereocenters. The van der Waals surface area contributed by atoms with Crippen LogP contribution in [-0.2, 0) is 9.59 Å². The summed E-state index contributed by atoms with van der Waals surface area (Å²) in [5, 5.41) is 14.8. The largest absolute Gasteiger partial charge is 0.481 e. The summed E-state index contributed by atoms with van der Waals surface area (Å²) in [6.45, 7) is 0.297. The van der Waals surface area contributed by atoms with Crippen LogP contribution in [0.2, 0.25) is 0 Å². The van der Waals surface area contributed by atoms with Crippen LogP contribution in [-0.4, -0.2) is 52.6 Å². The second-order valence-corrected chi connectivity index (χ2v) is 6.21. The average Bonchev–Trinajstić information content (AvgIpc) is 3.05. The molecule has 3 N–H and O–H groups in total. The van der Waals surface area contributed by atoms with Gasteiger partial charge in [0, 0.05) is 31.1 Å². The molecule has 3 amide bonds. The van der Waals surface area contributed by atoms with Crippen LogP contribution in [0.1, 0.15) is 38.5 Å². The Morgan fingerprint density at radius 1 is 1.14 bits per heavy atom. The van der Waals surface area contributed by atoms with Crippen LogP contribution in [0, 0.1) is 5.92 Å². The van der Waals surface area contributed by atoms with Crippen molar-refractivity contribution >= 4 is 17.9 Å². The van der Waals surface area contributed by atoms with Crippen molar-refractivity contribution in [2.45, 2.75) is 56.7 Å². The minimum absolute atomic E-state index is 0.0365. The monoisotopic (exact) mass is 295 g/mol. The van der Waals surface area contributed by atoms with Crippen molar-refractivity contribution < 1.29 is 19.5 Å². The van der Waals surface area contributed by atoms with E-state index in [2.05, 4.69) is 10.6 Å². The van der Waals surface area contributed by atoms with E-state index in [1.165, 1.54) is 0 Å². The van der Waals surface area contributed by atoms with Crippen molar-refractivity contribution in [3.8, 4) is 0 Å². The molecule has 7 heteroatoms. The fraction of sp³-hybridized carbons (Fsp3) is 0.786. The molecule has 7 nitrogen and oxygen atoms in total. The number of carboxylic acids is 1. The van der Waals surface area contributed by atoms with Gasteiger partial charge in [-0.3, -0.25) is 9.59 Å². The van der Waals surface area contributed by atoms with Crippen LogP contribution in [0.4, 0.5) is 4.79 Å². The van der Waals surface area contributed by atoms with Gasteiger partial charge in [-0.2, -0.15) is 0 Å². The van der Waals surface area contributed by atoms with Gasteiger partial charge in [-0.1, -0.05) is 0 Å². The number of amides is 3. The van der Waals surface area contributed by atoms with Crippen molar-refractivity contribution in [3.63, 3.8) is 0 Å². The van der Waals surface area contributed by atoms with E-state index in [9.17, 15) is 14.4 Å². The zero-order valence-corrected chi connectivity index (χ0v) is 11.9. The van der Waals surface area contributed by atoms with E-state index in [1.807, 2.05) is 0 Å². The number of hydrogen-bond donors (Lipinski definition) is 3. The van der Waals surface area contributed by atoms with Gasteiger partial charge in [-0.05, 0) is 32.1 Å². The molecule has 0 spiro atoms. The predicted molar refractivity (Wildman–Crippen MR) is 73.6 cm³/mol. The Kier molecular flexibility index (Phi) is 3.73. The summed E-state index contributed by atoms with van der Waals surface area (Å²) in [6, 6.07) is -0.0476. The van der Waals surface area contributed by atoms with Crippen LogP contribution in [0.15, 0.2) is 0 Å². The number of rotatable bonds is 5.